The Balaban J connectivity index is 1.62. The van der Waals surface area contributed by atoms with E-state index in [0.717, 1.165) is 11.1 Å². The molecule has 1 aromatic heterocycles. The summed E-state index contributed by atoms with van der Waals surface area (Å²) in [7, 11) is 3.60. The highest BCUT2D eigenvalue weighted by molar-refractivity contribution is 5.83. The first-order valence-corrected chi connectivity index (χ1v) is 8.78. The van der Waals surface area contributed by atoms with E-state index in [1.807, 2.05) is 41.2 Å². The lowest BCUT2D eigenvalue weighted by atomic mass is 10.1. The Hall–Kier alpha value is -2.99. The molecule has 3 rings (SSSR count). The van der Waals surface area contributed by atoms with Gasteiger partial charge in [-0.15, -0.1) is 0 Å². The third-order valence-corrected chi connectivity index (χ3v) is 4.27. The fourth-order valence-corrected chi connectivity index (χ4v) is 3.00. The van der Waals surface area contributed by atoms with Crippen LogP contribution in [-0.2, 0) is 17.9 Å². The zero-order valence-corrected chi connectivity index (χ0v) is 15.5. The minimum absolute atomic E-state index is 0.179. The van der Waals surface area contributed by atoms with Crippen molar-refractivity contribution in [2.45, 2.75) is 19.1 Å². The first-order chi connectivity index (χ1) is 13.0. The van der Waals surface area contributed by atoms with Gasteiger partial charge in [0.2, 0.25) is 5.91 Å². The molecule has 0 saturated heterocycles. The van der Waals surface area contributed by atoms with E-state index in [0.29, 0.717) is 18.7 Å². The van der Waals surface area contributed by atoms with E-state index < -0.39 is 6.04 Å². The molecule has 140 valence electrons. The van der Waals surface area contributed by atoms with Crippen molar-refractivity contribution in [2.24, 2.45) is 0 Å². The Bertz CT molecular complexity index is 892. The van der Waals surface area contributed by atoms with Crippen molar-refractivity contribution in [3.8, 4) is 0 Å². The number of rotatable bonds is 7. The number of amides is 1. The average molecular weight is 366 g/mol. The second kappa shape index (κ2) is 8.60. The number of carbonyl (C=O) groups is 1. The van der Waals surface area contributed by atoms with Gasteiger partial charge in [-0.3, -0.25) is 14.4 Å². The van der Waals surface area contributed by atoms with E-state index >= 15 is 0 Å². The summed E-state index contributed by atoms with van der Waals surface area (Å²) in [5, 5.41) is 7.26. The monoisotopic (exact) mass is 366 g/mol. The van der Waals surface area contributed by atoms with Crippen LogP contribution in [0.2, 0.25) is 0 Å². The first-order valence-electron chi connectivity index (χ1n) is 8.78. The molecule has 0 aliphatic heterocycles. The third kappa shape index (κ3) is 5.01. The highest BCUT2D eigenvalue weighted by Crippen LogP contribution is 2.19. The van der Waals surface area contributed by atoms with Crippen molar-refractivity contribution in [1.82, 2.24) is 20.0 Å². The van der Waals surface area contributed by atoms with Crippen molar-refractivity contribution in [3.05, 3.63) is 89.5 Å². The van der Waals surface area contributed by atoms with Gasteiger partial charge < -0.3 is 5.32 Å². The molecular weight excluding hydrogens is 343 g/mol. The molecule has 0 fully saturated rings. The van der Waals surface area contributed by atoms with Crippen LogP contribution in [0.3, 0.4) is 0 Å². The van der Waals surface area contributed by atoms with Crippen LogP contribution in [0, 0.1) is 5.82 Å². The topological polar surface area (TPSA) is 50.2 Å². The van der Waals surface area contributed by atoms with Gasteiger partial charge in [-0.2, -0.15) is 5.10 Å². The summed E-state index contributed by atoms with van der Waals surface area (Å²) >= 11 is 0. The van der Waals surface area contributed by atoms with E-state index in [4.69, 9.17) is 0 Å². The van der Waals surface area contributed by atoms with Gasteiger partial charge in [-0.05, 0) is 37.4 Å². The van der Waals surface area contributed by atoms with Crippen LogP contribution in [0.5, 0.6) is 0 Å². The maximum atomic E-state index is 13.5. The van der Waals surface area contributed by atoms with Gasteiger partial charge >= 0.3 is 0 Å². The lowest BCUT2D eigenvalue weighted by Crippen LogP contribution is -2.36. The smallest absolute Gasteiger partial charge is 0.242 e. The summed E-state index contributed by atoms with van der Waals surface area (Å²) in [4.78, 5) is 14.4. The van der Waals surface area contributed by atoms with E-state index in [1.165, 1.54) is 12.1 Å². The fraction of sp³-hybridized carbons (Fsp3) is 0.238. The molecule has 0 aliphatic carbocycles. The van der Waals surface area contributed by atoms with Gasteiger partial charge in [0, 0.05) is 18.3 Å². The number of nitrogens with one attached hydrogen (secondary N) is 1. The Kier molecular flexibility index (Phi) is 5.98. The molecule has 5 nitrogen and oxygen atoms in total. The quantitative estimate of drug-likeness (QED) is 0.699. The second-order valence-corrected chi connectivity index (χ2v) is 6.67. The largest absolute Gasteiger partial charge is 0.350 e. The standard InChI is InChI=1S/C21H23FN4O/c1-25(2)20(18-9-6-10-19(22)11-18)21(27)23-12-17-13-24-26(15-17)14-16-7-4-3-5-8-16/h3-11,13,15,20H,12,14H2,1-2H3,(H,23,27). The molecule has 2 aromatic carbocycles. The van der Waals surface area contributed by atoms with Crippen LogP contribution < -0.4 is 5.32 Å². The van der Waals surface area contributed by atoms with Gasteiger partial charge in [0.15, 0.2) is 0 Å². The van der Waals surface area contributed by atoms with Gasteiger partial charge in [0.05, 0.1) is 12.7 Å². The minimum Gasteiger partial charge on any atom is -0.350 e. The highest BCUT2D eigenvalue weighted by Gasteiger charge is 2.23. The van der Waals surface area contributed by atoms with E-state index in [9.17, 15) is 9.18 Å². The molecule has 1 N–H and O–H groups in total. The molecule has 1 heterocycles. The van der Waals surface area contributed by atoms with Crippen molar-refractivity contribution >= 4 is 5.91 Å². The van der Waals surface area contributed by atoms with Crippen LogP contribution in [0.1, 0.15) is 22.7 Å². The molecule has 3 aromatic rings. The van der Waals surface area contributed by atoms with Crippen LogP contribution in [0.4, 0.5) is 4.39 Å². The number of hydrogen-bond acceptors (Lipinski definition) is 3. The molecule has 27 heavy (non-hydrogen) atoms. The van der Waals surface area contributed by atoms with Crippen LogP contribution in [0.25, 0.3) is 0 Å². The summed E-state index contributed by atoms with van der Waals surface area (Å²) in [6.45, 7) is 1.05. The first kappa shape index (κ1) is 18.8. The van der Waals surface area contributed by atoms with Crippen molar-refractivity contribution in [3.63, 3.8) is 0 Å². The highest BCUT2D eigenvalue weighted by atomic mass is 19.1. The van der Waals surface area contributed by atoms with Gasteiger partial charge in [-0.1, -0.05) is 42.5 Å². The zero-order valence-electron chi connectivity index (χ0n) is 15.5. The predicted octanol–water partition coefficient (Wildman–Crippen LogP) is 2.99. The van der Waals surface area contributed by atoms with E-state index in [-0.39, 0.29) is 11.7 Å². The summed E-state index contributed by atoms with van der Waals surface area (Å²) in [5.41, 5.74) is 2.70. The average Bonchev–Trinajstić information content (AvgIpc) is 3.08. The predicted molar refractivity (Wildman–Crippen MR) is 102 cm³/mol. The molecule has 1 amide bonds. The molecule has 6 heteroatoms. The van der Waals surface area contributed by atoms with Gasteiger partial charge in [-0.25, -0.2) is 4.39 Å². The fourth-order valence-electron chi connectivity index (χ4n) is 3.00. The molecule has 1 unspecified atom stereocenters. The molecular formula is C21H23FN4O. The lowest BCUT2D eigenvalue weighted by molar-refractivity contribution is -0.125. The Morgan fingerprint density at radius 2 is 1.93 bits per heavy atom. The molecule has 0 spiro atoms. The van der Waals surface area contributed by atoms with E-state index in [1.54, 1.807) is 37.3 Å². The summed E-state index contributed by atoms with van der Waals surface area (Å²) < 4.78 is 15.4. The molecule has 0 saturated carbocycles. The molecule has 0 bridgehead atoms. The van der Waals surface area contributed by atoms with Crippen molar-refractivity contribution in [1.29, 1.82) is 0 Å². The Morgan fingerprint density at radius 1 is 1.15 bits per heavy atom. The number of carbonyl (C=O) groups excluding carboxylic acids is 1. The number of halogens is 1. The second-order valence-electron chi connectivity index (χ2n) is 6.67. The summed E-state index contributed by atoms with van der Waals surface area (Å²) in [6.07, 6.45) is 3.66. The molecule has 1 atom stereocenters. The molecule has 0 radical (unpaired) electrons. The number of nitrogens with zero attached hydrogens (tertiary/aromatic N) is 3. The molecule has 0 aliphatic rings. The number of likely N-dealkylation sites (N-methyl/N-ethyl adjacent to an activating group) is 1. The minimum atomic E-state index is -0.555. The van der Waals surface area contributed by atoms with Crippen LogP contribution in [-0.4, -0.2) is 34.7 Å². The Morgan fingerprint density at radius 3 is 2.63 bits per heavy atom. The van der Waals surface area contributed by atoms with Crippen molar-refractivity contribution in [2.75, 3.05) is 14.1 Å². The maximum absolute atomic E-state index is 13.5. The summed E-state index contributed by atoms with van der Waals surface area (Å²) in [5.74, 6) is -0.532. The number of hydrogen-bond donors (Lipinski definition) is 1. The lowest BCUT2D eigenvalue weighted by Gasteiger charge is -2.23. The maximum Gasteiger partial charge on any atom is 0.242 e. The van der Waals surface area contributed by atoms with E-state index in [2.05, 4.69) is 10.4 Å². The van der Waals surface area contributed by atoms with Gasteiger partial charge in [0.25, 0.3) is 0 Å². The number of aromatic nitrogens is 2. The summed E-state index contributed by atoms with van der Waals surface area (Å²) in [6, 6.07) is 15.6. The zero-order chi connectivity index (χ0) is 19.2. The number of benzene rings is 2. The van der Waals surface area contributed by atoms with Crippen LogP contribution in [0.15, 0.2) is 67.0 Å². The SMILES string of the molecule is CN(C)C(C(=O)NCc1cnn(Cc2ccccc2)c1)c1cccc(F)c1. The Labute approximate surface area is 158 Å². The normalized spacial score (nSPS) is 12.1. The third-order valence-electron chi connectivity index (χ3n) is 4.27. The van der Waals surface area contributed by atoms with Crippen LogP contribution >= 0.6 is 0 Å². The van der Waals surface area contributed by atoms with Crippen molar-refractivity contribution < 1.29 is 9.18 Å². The van der Waals surface area contributed by atoms with Gasteiger partial charge in [0.1, 0.15) is 11.9 Å².